The fourth-order valence-electron chi connectivity index (χ4n) is 1.96. The Bertz CT molecular complexity index is 549. The lowest BCUT2D eigenvalue weighted by Crippen LogP contribution is -2.04. The number of aryl methyl sites for hydroxylation is 1. The first-order valence-corrected chi connectivity index (χ1v) is 5.55. The SMILES string of the molecule is COC(=O)CCc1c(N)ccc2ccccc12. The molecule has 88 valence electrons. The van der Waals surface area contributed by atoms with E-state index in [1.54, 1.807) is 0 Å². The average molecular weight is 229 g/mol. The maximum Gasteiger partial charge on any atom is 0.305 e. The summed E-state index contributed by atoms with van der Waals surface area (Å²) in [4.78, 5) is 11.2. The van der Waals surface area contributed by atoms with Crippen LogP contribution in [0.5, 0.6) is 0 Å². The highest BCUT2D eigenvalue weighted by molar-refractivity contribution is 5.90. The summed E-state index contributed by atoms with van der Waals surface area (Å²) in [6.45, 7) is 0. The summed E-state index contributed by atoms with van der Waals surface area (Å²) >= 11 is 0. The predicted molar refractivity (Wildman–Crippen MR) is 68.7 cm³/mol. The summed E-state index contributed by atoms with van der Waals surface area (Å²) in [7, 11) is 1.40. The van der Waals surface area contributed by atoms with Crippen molar-refractivity contribution in [2.24, 2.45) is 0 Å². The van der Waals surface area contributed by atoms with Gasteiger partial charge in [0.25, 0.3) is 0 Å². The fraction of sp³-hybridized carbons (Fsp3) is 0.214. The Morgan fingerprint density at radius 1 is 1.24 bits per heavy atom. The third-order valence-corrected chi connectivity index (χ3v) is 2.88. The molecule has 0 amide bonds. The summed E-state index contributed by atoms with van der Waals surface area (Å²) in [6, 6.07) is 11.9. The van der Waals surface area contributed by atoms with Crippen molar-refractivity contribution in [1.82, 2.24) is 0 Å². The molecule has 0 aliphatic rings. The molecule has 0 unspecified atom stereocenters. The molecule has 3 nitrogen and oxygen atoms in total. The molecule has 2 aromatic carbocycles. The van der Waals surface area contributed by atoms with Crippen molar-refractivity contribution in [3.05, 3.63) is 42.0 Å². The van der Waals surface area contributed by atoms with Gasteiger partial charge < -0.3 is 10.5 Å². The molecule has 0 spiro atoms. The number of benzene rings is 2. The van der Waals surface area contributed by atoms with E-state index in [4.69, 9.17) is 5.73 Å². The number of methoxy groups -OCH3 is 1. The van der Waals surface area contributed by atoms with E-state index in [1.165, 1.54) is 7.11 Å². The monoisotopic (exact) mass is 229 g/mol. The molecule has 17 heavy (non-hydrogen) atoms. The predicted octanol–water partition coefficient (Wildman–Crippen LogP) is 2.53. The van der Waals surface area contributed by atoms with Gasteiger partial charge in [0, 0.05) is 12.1 Å². The second kappa shape index (κ2) is 4.87. The largest absolute Gasteiger partial charge is 0.469 e. The molecule has 0 saturated heterocycles. The van der Waals surface area contributed by atoms with Crippen molar-refractivity contribution in [2.75, 3.05) is 12.8 Å². The van der Waals surface area contributed by atoms with Crippen LogP contribution in [-0.2, 0) is 16.0 Å². The van der Waals surface area contributed by atoms with Crippen molar-refractivity contribution in [1.29, 1.82) is 0 Å². The van der Waals surface area contributed by atoms with Crippen LogP contribution in [-0.4, -0.2) is 13.1 Å². The number of fused-ring (bicyclic) bond motifs is 1. The lowest BCUT2D eigenvalue weighted by atomic mass is 9.99. The van der Waals surface area contributed by atoms with Gasteiger partial charge in [0.2, 0.25) is 0 Å². The number of nitrogen functional groups attached to an aromatic ring is 1. The summed E-state index contributed by atoms with van der Waals surface area (Å²) in [5, 5.41) is 2.25. The third-order valence-electron chi connectivity index (χ3n) is 2.88. The highest BCUT2D eigenvalue weighted by Gasteiger charge is 2.08. The van der Waals surface area contributed by atoms with Crippen molar-refractivity contribution in [3.63, 3.8) is 0 Å². The minimum atomic E-state index is -0.211. The number of hydrogen-bond acceptors (Lipinski definition) is 3. The maximum atomic E-state index is 11.2. The van der Waals surface area contributed by atoms with Gasteiger partial charge in [-0.1, -0.05) is 30.3 Å². The van der Waals surface area contributed by atoms with E-state index < -0.39 is 0 Å². The van der Waals surface area contributed by atoms with Gasteiger partial charge in [0.15, 0.2) is 0 Å². The number of nitrogens with two attached hydrogens (primary N) is 1. The quantitative estimate of drug-likeness (QED) is 0.650. The standard InChI is InChI=1S/C14H15NO2/c1-17-14(16)9-7-12-11-5-3-2-4-10(11)6-8-13(12)15/h2-6,8H,7,9,15H2,1H3. The Hall–Kier alpha value is -2.03. The van der Waals surface area contributed by atoms with E-state index in [1.807, 2.05) is 36.4 Å². The Kier molecular flexibility index (Phi) is 3.28. The van der Waals surface area contributed by atoms with Gasteiger partial charge in [-0.3, -0.25) is 4.79 Å². The third kappa shape index (κ3) is 2.38. The van der Waals surface area contributed by atoms with Gasteiger partial charge in [0.1, 0.15) is 0 Å². The number of anilines is 1. The van der Waals surface area contributed by atoms with Gasteiger partial charge in [-0.15, -0.1) is 0 Å². The zero-order valence-corrected chi connectivity index (χ0v) is 9.77. The highest BCUT2D eigenvalue weighted by Crippen LogP contribution is 2.25. The molecule has 2 aromatic rings. The normalized spacial score (nSPS) is 10.4. The van der Waals surface area contributed by atoms with E-state index >= 15 is 0 Å². The minimum Gasteiger partial charge on any atom is -0.469 e. The number of carbonyl (C=O) groups is 1. The highest BCUT2D eigenvalue weighted by atomic mass is 16.5. The van der Waals surface area contributed by atoms with Crippen molar-refractivity contribution >= 4 is 22.4 Å². The van der Waals surface area contributed by atoms with Crippen LogP contribution in [0.2, 0.25) is 0 Å². The second-order valence-corrected chi connectivity index (χ2v) is 3.93. The topological polar surface area (TPSA) is 52.3 Å². The fourth-order valence-corrected chi connectivity index (χ4v) is 1.96. The van der Waals surface area contributed by atoms with Crippen LogP contribution in [0.15, 0.2) is 36.4 Å². The zero-order chi connectivity index (χ0) is 12.3. The molecule has 3 heteroatoms. The van der Waals surface area contributed by atoms with Crippen molar-refractivity contribution < 1.29 is 9.53 Å². The Morgan fingerprint density at radius 3 is 2.76 bits per heavy atom. The molecule has 0 atom stereocenters. The lowest BCUT2D eigenvalue weighted by molar-refractivity contribution is -0.140. The lowest BCUT2D eigenvalue weighted by Gasteiger charge is -2.09. The van der Waals surface area contributed by atoms with Crippen LogP contribution >= 0.6 is 0 Å². The van der Waals surface area contributed by atoms with Gasteiger partial charge >= 0.3 is 5.97 Å². The summed E-state index contributed by atoms with van der Waals surface area (Å²) in [5.41, 5.74) is 7.71. The summed E-state index contributed by atoms with van der Waals surface area (Å²) < 4.78 is 4.64. The molecule has 0 aromatic heterocycles. The van der Waals surface area contributed by atoms with Crippen LogP contribution in [0.1, 0.15) is 12.0 Å². The average Bonchev–Trinajstić information content (AvgIpc) is 2.37. The van der Waals surface area contributed by atoms with Crippen LogP contribution in [0.4, 0.5) is 5.69 Å². The van der Waals surface area contributed by atoms with Crippen molar-refractivity contribution in [3.8, 4) is 0 Å². The van der Waals surface area contributed by atoms with Gasteiger partial charge in [-0.05, 0) is 28.8 Å². The smallest absolute Gasteiger partial charge is 0.305 e. The number of rotatable bonds is 3. The van der Waals surface area contributed by atoms with E-state index in [0.717, 1.165) is 22.0 Å². The molecule has 2 N–H and O–H groups in total. The summed E-state index contributed by atoms with van der Waals surface area (Å²) in [5.74, 6) is -0.211. The molecule has 0 saturated carbocycles. The second-order valence-electron chi connectivity index (χ2n) is 3.93. The molecular formula is C14H15NO2. The molecule has 0 radical (unpaired) electrons. The Morgan fingerprint density at radius 2 is 2.00 bits per heavy atom. The first-order chi connectivity index (χ1) is 8.22. The van der Waals surface area contributed by atoms with Gasteiger partial charge in [-0.2, -0.15) is 0 Å². The molecule has 0 bridgehead atoms. The molecule has 0 aliphatic carbocycles. The van der Waals surface area contributed by atoms with Gasteiger partial charge in [-0.25, -0.2) is 0 Å². The number of ether oxygens (including phenoxy) is 1. The molecular weight excluding hydrogens is 214 g/mol. The van der Waals surface area contributed by atoms with E-state index in [9.17, 15) is 4.79 Å². The van der Waals surface area contributed by atoms with Crippen molar-refractivity contribution in [2.45, 2.75) is 12.8 Å². The molecule has 2 rings (SSSR count). The number of hydrogen-bond donors (Lipinski definition) is 1. The molecule has 0 aliphatic heterocycles. The molecule has 0 heterocycles. The zero-order valence-electron chi connectivity index (χ0n) is 9.77. The summed E-state index contributed by atoms with van der Waals surface area (Å²) in [6.07, 6.45) is 0.967. The minimum absolute atomic E-state index is 0.211. The number of carbonyl (C=O) groups excluding carboxylic acids is 1. The van der Waals surface area contributed by atoms with Crippen LogP contribution in [0.3, 0.4) is 0 Å². The van der Waals surface area contributed by atoms with Crippen LogP contribution in [0, 0.1) is 0 Å². The van der Waals surface area contributed by atoms with E-state index in [-0.39, 0.29) is 5.97 Å². The Labute approximate surface area is 100 Å². The van der Waals surface area contributed by atoms with Crippen LogP contribution in [0.25, 0.3) is 10.8 Å². The van der Waals surface area contributed by atoms with E-state index in [2.05, 4.69) is 4.74 Å². The Balaban J connectivity index is 2.37. The van der Waals surface area contributed by atoms with Gasteiger partial charge in [0.05, 0.1) is 7.11 Å². The number of esters is 1. The first-order valence-electron chi connectivity index (χ1n) is 5.55. The molecule has 0 fully saturated rings. The van der Waals surface area contributed by atoms with E-state index in [0.29, 0.717) is 12.8 Å². The first kappa shape index (κ1) is 11.5. The maximum absolute atomic E-state index is 11.2. The van der Waals surface area contributed by atoms with Crippen LogP contribution < -0.4 is 5.73 Å².